The predicted molar refractivity (Wildman–Crippen MR) is 185 cm³/mol. The summed E-state index contributed by atoms with van der Waals surface area (Å²) in [4.78, 5) is 3.87. The Bertz CT molecular complexity index is 1620. The van der Waals surface area contributed by atoms with Gasteiger partial charge in [0, 0.05) is 47.5 Å². The Morgan fingerprint density at radius 1 is 0.571 bits per heavy atom. The van der Waals surface area contributed by atoms with E-state index in [2.05, 4.69) is 119 Å². The summed E-state index contributed by atoms with van der Waals surface area (Å²) in [5, 5.41) is 16.0. The molecule has 6 aromatic rings. The Hall–Kier alpha value is -3.69. The van der Waals surface area contributed by atoms with Gasteiger partial charge in [-0.2, -0.15) is 31.9 Å². The SMILES string of the molecule is C[PH+](C)c1ccccc1.C[PH+](C)c1ccccc1.FC(F)(F)c1cc(-c2[c-]cccc2)[n-]n1.FC(F)(F)c1cc(-c2ccccn2)[n-]n1.[Os]. The monoisotopic (exact) mass is 892 g/mol. The minimum absolute atomic E-state index is 0. The third kappa shape index (κ3) is 14.4. The molecule has 0 bridgehead atoms. The van der Waals surface area contributed by atoms with E-state index in [4.69, 9.17) is 0 Å². The van der Waals surface area contributed by atoms with E-state index in [0.29, 0.717) is 11.3 Å². The van der Waals surface area contributed by atoms with Gasteiger partial charge in [0.25, 0.3) is 0 Å². The molecule has 0 saturated carbocycles. The standard InChI is InChI=1S/C10H5F3N2.C9H5F3N3.2C8H11P.Os/c11-10(12,13)9-6-8(14-15-9)7-4-2-1-3-5-7;10-9(11,12)8-5-7(14-15-8)6-3-1-2-4-13-6;2*1-9(2)8-6-4-3-5-7-8;/h1-4,6H;1-5H;2*3-7H,1-2H3;/q-2;-1;;;/p+2. The summed E-state index contributed by atoms with van der Waals surface area (Å²) in [5.41, 5.74) is -0.787. The van der Waals surface area contributed by atoms with Crippen molar-refractivity contribution in [3.63, 3.8) is 0 Å². The summed E-state index contributed by atoms with van der Waals surface area (Å²) < 4.78 is 73.2. The zero-order valence-corrected chi connectivity index (χ0v) is 31.4. The first-order chi connectivity index (χ1) is 22.8. The average Bonchev–Trinajstić information content (AvgIpc) is 3.79. The molecule has 0 saturated heterocycles. The molecule has 0 aliphatic rings. The van der Waals surface area contributed by atoms with E-state index < -0.39 is 23.7 Å². The largest absolute Gasteiger partial charge is 0.618 e. The molecule has 49 heavy (non-hydrogen) atoms. The van der Waals surface area contributed by atoms with Crippen LogP contribution in [0.1, 0.15) is 11.4 Å². The van der Waals surface area contributed by atoms with Gasteiger partial charge in [-0.3, -0.25) is 4.98 Å². The Balaban J connectivity index is 0.000000232. The second-order valence-corrected chi connectivity index (χ2v) is 15.6. The van der Waals surface area contributed by atoms with E-state index in [-0.39, 0.29) is 47.0 Å². The van der Waals surface area contributed by atoms with Gasteiger partial charge < -0.3 is 20.4 Å². The molecule has 0 N–H and O–H groups in total. The van der Waals surface area contributed by atoms with Gasteiger partial charge in [0.05, 0.1) is 37.3 Å². The maximum absolute atomic E-state index is 12.2. The van der Waals surface area contributed by atoms with Crippen molar-refractivity contribution in [2.75, 3.05) is 26.7 Å². The van der Waals surface area contributed by atoms with Gasteiger partial charge in [-0.15, -0.1) is 30.3 Å². The van der Waals surface area contributed by atoms with Gasteiger partial charge >= 0.3 is 12.4 Å². The Morgan fingerprint density at radius 2 is 1.02 bits per heavy atom. The van der Waals surface area contributed by atoms with E-state index in [1.165, 1.54) is 16.8 Å². The summed E-state index contributed by atoms with van der Waals surface area (Å²) in [6.07, 6.45) is -7.42. The van der Waals surface area contributed by atoms with Crippen LogP contribution in [0.25, 0.3) is 22.6 Å². The molecule has 6 rings (SSSR count). The number of pyridine rings is 1. The van der Waals surface area contributed by atoms with Crippen molar-refractivity contribution >= 4 is 26.5 Å². The van der Waals surface area contributed by atoms with E-state index in [1.54, 1.807) is 42.5 Å². The summed E-state index contributed by atoms with van der Waals surface area (Å²) in [5.74, 6) is 0. The topological polar surface area (TPSA) is 66.9 Å². The third-order valence-electron chi connectivity index (χ3n) is 6.27. The molecular weight excluding hydrogens is 857 g/mol. The van der Waals surface area contributed by atoms with Crippen molar-refractivity contribution in [3.05, 3.63) is 139 Å². The number of nitrogens with zero attached hydrogens (tertiary/aromatic N) is 5. The molecule has 0 spiro atoms. The molecule has 14 heteroatoms. The third-order valence-corrected chi connectivity index (χ3v) is 9.25. The Morgan fingerprint density at radius 3 is 1.39 bits per heavy atom. The molecule has 260 valence electrons. The van der Waals surface area contributed by atoms with Crippen LogP contribution in [-0.2, 0) is 32.1 Å². The minimum atomic E-state index is -4.46. The Labute approximate surface area is 297 Å². The van der Waals surface area contributed by atoms with Crippen molar-refractivity contribution in [1.29, 1.82) is 0 Å². The van der Waals surface area contributed by atoms with E-state index in [1.807, 2.05) is 0 Å². The fraction of sp³-hybridized carbons (Fsp3) is 0.171. The molecule has 0 unspecified atom stereocenters. The van der Waals surface area contributed by atoms with Crippen LogP contribution in [0.5, 0.6) is 0 Å². The van der Waals surface area contributed by atoms with Gasteiger partial charge in [-0.25, -0.2) is 5.69 Å². The maximum atomic E-state index is 12.2. The molecule has 0 atom stereocenters. The van der Waals surface area contributed by atoms with E-state index in [0.717, 1.165) is 12.1 Å². The first kappa shape index (κ1) is 41.5. The number of hydrogen-bond acceptors (Lipinski definition) is 3. The molecule has 3 aromatic carbocycles. The number of rotatable bonds is 4. The fourth-order valence-corrected chi connectivity index (χ4v) is 5.45. The molecule has 0 aliphatic heterocycles. The quantitative estimate of drug-likeness (QED) is 0.102. The molecule has 5 nitrogen and oxygen atoms in total. The number of alkyl halides is 6. The van der Waals surface area contributed by atoms with Crippen LogP contribution >= 0.6 is 15.8 Å². The number of hydrogen-bond donors (Lipinski definition) is 0. The van der Waals surface area contributed by atoms with Gasteiger partial charge in [-0.05, 0) is 42.5 Å². The van der Waals surface area contributed by atoms with E-state index >= 15 is 0 Å². The molecule has 0 radical (unpaired) electrons. The zero-order valence-electron chi connectivity index (χ0n) is 26.9. The molecule has 0 aliphatic carbocycles. The number of benzene rings is 3. The average molecular weight is 891 g/mol. The number of halogens is 6. The van der Waals surface area contributed by atoms with Crippen LogP contribution in [-0.4, -0.2) is 41.8 Å². The van der Waals surface area contributed by atoms with E-state index in [9.17, 15) is 26.3 Å². The maximum Gasteiger partial charge on any atom is 0.431 e. The van der Waals surface area contributed by atoms with Crippen LogP contribution in [0.2, 0.25) is 0 Å². The van der Waals surface area contributed by atoms with Crippen molar-refractivity contribution in [2.45, 2.75) is 12.4 Å². The molecule has 3 aromatic heterocycles. The molecule has 0 fully saturated rings. The van der Waals surface area contributed by atoms with Crippen LogP contribution in [0.15, 0.2) is 121 Å². The van der Waals surface area contributed by atoms with Crippen LogP contribution in [0.4, 0.5) is 26.3 Å². The van der Waals surface area contributed by atoms with Crippen LogP contribution < -0.4 is 20.8 Å². The predicted octanol–water partition coefficient (Wildman–Crippen LogP) is 8.21. The van der Waals surface area contributed by atoms with Crippen molar-refractivity contribution < 1.29 is 46.1 Å². The minimum Gasteiger partial charge on any atom is -0.618 e. The summed E-state index contributed by atoms with van der Waals surface area (Å²) >= 11 is 0. The smallest absolute Gasteiger partial charge is 0.431 e. The second-order valence-electron chi connectivity index (χ2n) is 10.4. The van der Waals surface area contributed by atoms with Crippen molar-refractivity contribution in [1.82, 2.24) is 25.4 Å². The molecule has 3 heterocycles. The van der Waals surface area contributed by atoms with Crippen LogP contribution in [0.3, 0.4) is 0 Å². The Kier molecular flexibility index (Phi) is 17.0. The van der Waals surface area contributed by atoms with Crippen molar-refractivity contribution in [3.8, 4) is 22.6 Å². The number of aromatic nitrogens is 5. The van der Waals surface area contributed by atoms with Gasteiger partial charge in [0.2, 0.25) is 0 Å². The molecule has 0 amide bonds. The zero-order chi connectivity index (χ0) is 35.2. The van der Waals surface area contributed by atoms with Crippen LogP contribution in [0, 0.1) is 6.07 Å². The summed E-state index contributed by atoms with van der Waals surface area (Å²) in [6, 6.07) is 37.5. The van der Waals surface area contributed by atoms with Gasteiger partial charge in [-0.1, -0.05) is 54.2 Å². The molecular formula is C35H34F6N5OsP2-. The normalized spacial score (nSPS) is 10.9. The van der Waals surface area contributed by atoms with Gasteiger partial charge in [0.1, 0.15) is 11.4 Å². The fourth-order valence-electron chi connectivity index (χ4n) is 3.73. The first-order valence-corrected chi connectivity index (χ1v) is 19.5. The van der Waals surface area contributed by atoms with Crippen molar-refractivity contribution in [2.24, 2.45) is 0 Å². The summed E-state index contributed by atoms with van der Waals surface area (Å²) in [6.45, 7) is 9.22. The summed E-state index contributed by atoms with van der Waals surface area (Å²) in [7, 11) is -0.424. The first-order valence-electron chi connectivity index (χ1n) is 14.5. The second kappa shape index (κ2) is 20.1. The van der Waals surface area contributed by atoms with Gasteiger partial charge in [0.15, 0.2) is 0 Å².